The van der Waals surface area contributed by atoms with Gasteiger partial charge in [-0.3, -0.25) is 4.79 Å². The van der Waals surface area contributed by atoms with Crippen LogP contribution in [0.1, 0.15) is 36.5 Å². The fourth-order valence-electron chi connectivity index (χ4n) is 2.86. The topological polar surface area (TPSA) is 63.1 Å². The van der Waals surface area contributed by atoms with Crippen LogP contribution in [-0.2, 0) is 17.6 Å². The van der Waals surface area contributed by atoms with Gasteiger partial charge in [0.1, 0.15) is 5.75 Å². The van der Waals surface area contributed by atoms with E-state index in [-0.39, 0.29) is 11.2 Å². The van der Waals surface area contributed by atoms with Crippen molar-refractivity contribution in [2.75, 3.05) is 7.11 Å². The molecule has 1 fully saturated rings. The lowest BCUT2D eigenvalue weighted by Gasteiger charge is -2.06. The SMILES string of the molecule is CCCCc1ccc(CC2S/C(=N/N=C/c3ccc(OC)cc3)NC2=O)cc1. The number of ether oxygens (including phenoxy) is 1. The van der Waals surface area contributed by atoms with Crippen LogP contribution in [0.5, 0.6) is 5.75 Å². The second-order valence-electron chi connectivity index (χ2n) is 6.64. The largest absolute Gasteiger partial charge is 0.497 e. The van der Waals surface area contributed by atoms with Crippen molar-refractivity contribution < 1.29 is 9.53 Å². The Labute approximate surface area is 170 Å². The van der Waals surface area contributed by atoms with Gasteiger partial charge in [-0.05, 0) is 60.2 Å². The molecule has 5 nitrogen and oxygen atoms in total. The minimum Gasteiger partial charge on any atom is -0.497 e. The number of benzene rings is 2. The molecule has 1 aliphatic heterocycles. The van der Waals surface area contributed by atoms with Gasteiger partial charge in [0, 0.05) is 0 Å². The Bertz CT molecular complexity index is 845. The van der Waals surface area contributed by atoms with Crippen molar-refractivity contribution in [1.29, 1.82) is 0 Å². The molecule has 6 heteroatoms. The van der Waals surface area contributed by atoms with Crippen LogP contribution in [0.3, 0.4) is 0 Å². The van der Waals surface area contributed by atoms with Gasteiger partial charge in [0.15, 0.2) is 5.17 Å². The molecule has 0 saturated carbocycles. The second kappa shape index (κ2) is 10.1. The van der Waals surface area contributed by atoms with E-state index in [1.807, 2.05) is 24.3 Å². The van der Waals surface area contributed by atoms with Crippen LogP contribution in [0.15, 0.2) is 58.7 Å². The Morgan fingerprint density at radius 1 is 1.11 bits per heavy atom. The summed E-state index contributed by atoms with van der Waals surface area (Å²) in [6.45, 7) is 2.20. The highest BCUT2D eigenvalue weighted by Crippen LogP contribution is 2.23. The van der Waals surface area contributed by atoms with Crippen LogP contribution in [-0.4, -0.2) is 29.6 Å². The summed E-state index contributed by atoms with van der Waals surface area (Å²) in [5.41, 5.74) is 3.43. The van der Waals surface area contributed by atoms with Crippen LogP contribution in [0, 0.1) is 0 Å². The highest BCUT2D eigenvalue weighted by atomic mass is 32.2. The number of amidine groups is 1. The summed E-state index contributed by atoms with van der Waals surface area (Å²) in [6.07, 6.45) is 5.85. The number of methoxy groups -OCH3 is 1. The van der Waals surface area contributed by atoms with Gasteiger partial charge in [-0.25, -0.2) is 0 Å². The summed E-state index contributed by atoms with van der Waals surface area (Å²) in [4.78, 5) is 12.2. The van der Waals surface area contributed by atoms with E-state index in [1.54, 1.807) is 13.3 Å². The Morgan fingerprint density at radius 2 is 1.82 bits per heavy atom. The van der Waals surface area contributed by atoms with E-state index in [0.29, 0.717) is 11.6 Å². The highest BCUT2D eigenvalue weighted by molar-refractivity contribution is 8.15. The number of carbonyl (C=O) groups excluding carboxylic acids is 1. The zero-order chi connectivity index (χ0) is 19.8. The third-order valence-electron chi connectivity index (χ3n) is 4.51. The quantitative estimate of drug-likeness (QED) is 0.538. The molecule has 3 rings (SSSR count). The summed E-state index contributed by atoms with van der Waals surface area (Å²) in [6, 6.07) is 16.1. The lowest BCUT2D eigenvalue weighted by atomic mass is 10.0. The van der Waals surface area contributed by atoms with Crippen molar-refractivity contribution in [3.63, 3.8) is 0 Å². The smallest absolute Gasteiger partial charge is 0.239 e. The number of thioether (sulfide) groups is 1. The summed E-state index contributed by atoms with van der Waals surface area (Å²) >= 11 is 1.43. The van der Waals surface area contributed by atoms with Gasteiger partial charge in [0.25, 0.3) is 0 Å². The standard InChI is InChI=1S/C22H25N3O2S/c1-3-4-5-16-6-8-17(9-7-16)14-20-21(26)24-22(28-20)25-23-15-18-10-12-19(27-2)13-11-18/h6-13,15,20H,3-5,14H2,1-2H3,(H,24,25,26)/b23-15+. The molecule has 1 aliphatic rings. The molecule has 1 heterocycles. The molecule has 1 unspecified atom stereocenters. The molecule has 1 amide bonds. The van der Waals surface area contributed by atoms with E-state index < -0.39 is 0 Å². The van der Waals surface area contributed by atoms with E-state index in [4.69, 9.17) is 4.74 Å². The zero-order valence-corrected chi connectivity index (χ0v) is 17.0. The fraction of sp³-hybridized carbons (Fsp3) is 0.318. The first-order valence-corrected chi connectivity index (χ1v) is 10.4. The summed E-state index contributed by atoms with van der Waals surface area (Å²) in [7, 11) is 1.63. The molecule has 1 atom stereocenters. The molecule has 1 saturated heterocycles. The third kappa shape index (κ3) is 5.70. The average Bonchev–Trinajstić information content (AvgIpc) is 3.07. The molecule has 2 aromatic rings. The molecule has 28 heavy (non-hydrogen) atoms. The zero-order valence-electron chi connectivity index (χ0n) is 16.2. The molecule has 0 aromatic heterocycles. The van der Waals surface area contributed by atoms with Crippen LogP contribution in [0.4, 0.5) is 0 Å². The molecule has 2 aromatic carbocycles. The van der Waals surface area contributed by atoms with Crippen molar-refractivity contribution in [3.05, 3.63) is 65.2 Å². The lowest BCUT2D eigenvalue weighted by molar-refractivity contribution is -0.118. The number of carbonyl (C=O) groups is 1. The van der Waals surface area contributed by atoms with Gasteiger partial charge in [-0.1, -0.05) is 49.4 Å². The van der Waals surface area contributed by atoms with Crippen LogP contribution in [0.2, 0.25) is 0 Å². The first-order valence-electron chi connectivity index (χ1n) is 9.48. The monoisotopic (exact) mass is 395 g/mol. The molecule has 0 bridgehead atoms. The van der Waals surface area contributed by atoms with Gasteiger partial charge in [0.05, 0.1) is 18.6 Å². The van der Waals surface area contributed by atoms with Gasteiger partial charge in [-0.15, -0.1) is 5.10 Å². The van der Waals surface area contributed by atoms with E-state index >= 15 is 0 Å². The molecular formula is C22H25N3O2S. The van der Waals surface area contributed by atoms with Crippen molar-refractivity contribution >= 4 is 29.1 Å². The lowest BCUT2D eigenvalue weighted by Crippen LogP contribution is -2.25. The van der Waals surface area contributed by atoms with Crippen LogP contribution >= 0.6 is 11.8 Å². The minimum absolute atomic E-state index is 0.0153. The van der Waals surface area contributed by atoms with Gasteiger partial charge in [0.2, 0.25) is 5.91 Å². The number of nitrogens with zero attached hydrogens (tertiary/aromatic N) is 2. The maximum Gasteiger partial charge on any atom is 0.239 e. The molecule has 146 valence electrons. The molecule has 0 radical (unpaired) electrons. The van der Waals surface area contributed by atoms with E-state index in [1.165, 1.54) is 30.2 Å². The Balaban J connectivity index is 1.55. The third-order valence-corrected chi connectivity index (χ3v) is 5.58. The van der Waals surface area contributed by atoms with Crippen LogP contribution < -0.4 is 10.1 Å². The maximum atomic E-state index is 12.2. The highest BCUT2D eigenvalue weighted by Gasteiger charge is 2.30. The van der Waals surface area contributed by atoms with Gasteiger partial charge in [-0.2, -0.15) is 5.10 Å². The first-order chi connectivity index (χ1) is 13.7. The molecule has 0 aliphatic carbocycles. The second-order valence-corrected chi connectivity index (χ2v) is 7.83. The minimum atomic E-state index is -0.170. The Kier molecular flexibility index (Phi) is 7.25. The predicted molar refractivity (Wildman–Crippen MR) is 116 cm³/mol. The number of nitrogens with one attached hydrogen (secondary N) is 1. The normalized spacial score (nSPS) is 18.0. The van der Waals surface area contributed by atoms with Crippen molar-refractivity contribution in [2.45, 2.75) is 37.9 Å². The maximum absolute atomic E-state index is 12.2. The van der Waals surface area contributed by atoms with Crippen molar-refractivity contribution in [2.24, 2.45) is 10.2 Å². The van der Waals surface area contributed by atoms with E-state index in [9.17, 15) is 4.79 Å². The van der Waals surface area contributed by atoms with E-state index in [0.717, 1.165) is 23.3 Å². The van der Waals surface area contributed by atoms with Crippen molar-refractivity contribution in [1.82, 2.24) is 5.32 Å². The average molecular weight is 396 g/mol. The van der Waals surface area contributed by atoms with Crippen LogP contribution in [0.25, 0.3) is 0 Å². The number of aryl methyl sites for hydroxylation is 1. The first kappa shape index (κ1) is 20.1. The predicted octanol–water partition coefficient (Wildman–Crippen LogP) is 4.20. The van der Waals surface area contributed by atoms with Gasteiger partial charge < -0.3 is 10.1 Å². The number of amides is 1. The number of rotatable bonds is 8. The summed E-state index contributed by atoms with van der Waals surface area (Å²) in [5, 5.41) is 11.4. The van der Waals surface area contributed by atoms with Gasteiger partial charge >= 0.3 is 0 Å². The summed E-state index contributed by atoms with van der Waals surface area (Å²) < 4.78 is 5.13. The number of hydrogen-bond acceptors (Lipinski definition) is 5. The fourth-order valence-corrected chi connectivity index (χ4v) is 3.83. The number of unbranched alkanes of at least 4 members (excludes halogenated alkanes) is 1. The van der Waals surface area contributed by atoms with Crippen molar-refractivity contribution in [3.8, 4) is 5.75 Å². The number of hydrogen-bond donors (Lipinski definition) is 1. The summed E-state index contributed by atoms with van der Waals surface area (Å²) in [5.74, 6) is 0.779. The molecular weight excluding hydrogens is 370 g/mol. The Morgan fingerprint density at radius 3 is 2.50 bits per heavy atom. The molecule has 0 spiro atoms. The Hall–Kier alpha value is -2.60. The molecule has 1 N–H and O–H groups in total. The van der Waals surface area contributed by atoms with E-state index in [2.05, 4.69) is 46.7 Å².